The van der Waals surface area contributed by atoms with Gasteiger partial charge in [0.25, 0.3) is 5.91 Å². The van der Waals surface area contributed by atoms with E-state index in [9.17, 15) is 19.6 Å². The van der Waals surface area contributed by atoms with Gasteiger partial charge in [-0.1, -0.05) is 38.1 Å². The SMILES string of the molecule is COc1cccc(C(CC(=O)NC(CC(C)C)B(O)O)NC(=O)c2cccc3c2CCCC3)c1. The Morgan fingerprint density at radius 1 is 1.06 bits per heavy atom. The van der Waals surface area contributed by atoms with E-state index in [-0.39, 0.29) is 24.2 Å². The fourth-order valence-electron chi connectivity index (χ4n) is 4.55. The summed E-state index contributed by atoms with van der Waals surface area (Å²) in [4.78, 5) is 26.3. The van der Waals surface area contributed by atoms with E-state index in [1.165, 1.54) is 5.56 Å². The molecule has 0 saturated heterocycles. The number of nitrogens with one attached hydrogen (secondary N) is 2. The standard InChI is InChI=1S/C26H35BN2O5/c1-17(2)14-24(27(32)33)29-25(30)16-23(19-10-6-11-20(15-19)34-3)28-26(31)22-13-7-9-18-8-4-5-12-21(18)22/h6-7,9-11,13,15,17,23-24,32-33H,4-5,8,12,14,16H2,1-3H3,(H,28,31)(H,29,30). The van der Waals surface area contributed by atoms with Crippen LogP contribution < -0.4 is 15.4 Å². The van der Waals surface area contributed by atoms with E-state index < -0.39 is 19.1 Å². The van der Waals surface area contributed by atoms with Gasteiger partial charge in [-0.2, -0.15) is 0 Å². The van der Waals surface area contributed by atoms with Gasteiger partial charge in [0.15, 0.2) is 0 Å². The molecule has 0 saturated carbocycles. The van der Waals surface area contributed by atoms with Gasteiger partial charge in [-0.15, -0.1) is 0 Å². The molecule has 2 amide bonds. The van der Waals surface area contributed by atoms with Crippen LogP contribution in [0, 0.1) is 5.92 Å². The predicted octanol–water partition coefficient (Wildman–Crippen LogP) is 2.98. The zero-order chi connectivity index (χ0) is 24.7. The maximum atomic E-state index is 13.4. The average molecular weight is 466 g/mol. The Kier molecular flexibility index (Phi) is 9.13. The zero-order valence-corrected chi connectivity index (χ0v) is 20.2. The summed E-state index contributed by atoms with van der Waals surface area (Å²) >= 11 is 0. The van der Waals surface area contributed by atoms with Crippen molar-refractivity contribution in [2.45, 2.75) is 64.4 Å². The molecule has 0 aliphatic heterocycles. The normalized spacial score (nSPS) is 14.6. The van der Waals surface area contributed by atoms with E-state index in [0.29, 0.717) is 17.7 Å². The largest absolute Gasteiger partial charge is 0.497 e. The molecule has 2 aromatic carbocycles. The van der Waals surface area contributed by atoms with Crippen molar-refractivity contribution in [3.8, 4) is 5.75 Å². The maximum absolute atomic E-state index is 13.4. The lowest BCUT2D eigenvalue weighted by atomic mass is 9.75. The van der Waals surface area contributed by atoms with Crippen molar-refractivity contribution in [3.05, 3.63) is 64.7 Å². The molecule has 0 fully saturated rings. The second-order valence-corrected chi connectivity index (χ2v) is 9.37. The Bertz CT molecular complexity index is 995. The van der Waals surface area contributed by atoms with Crippen molar-refractivity contribution in [1.82, 2.24) is 10.6 Å². The van der Waals surface area contributed by atoms with Gasteiger partial charge in [-0.25, -0.2) is 0 Å². The number of fused-ring (bicyclic) bond motifs is 1. The van der Waals surface area contributed by atoms with E-state index in [4.69, 9.17) is 4.74 Å². The summed E-state index contributed by atoms with van der Waals surface area (Å²) in [6.45, 7) is 3.89. The van der Waals surface area contributed by atoms with E-state index in [0.717, 1.165) is 36.8 Å². The van der Waals surface area contributed by atoms with Crippen LogP contribution in [-0.2, 0) is 17.6 Å². The molecule has 182 valence electrons. The lowest BCUT2D eigenvalue weighted by Gasteiger charge is -2.24. The molecule has 1 aliphatic carbocycles. The van der Waals surface area contributed by atoms with E-state index in [1.807, 2.05) is 38.1 Å². The molecule has 2 unspecified atom stereocenters. The van der Waals surface area contributed by atoms with Crippen LogP contribution in [0.25, 0.3) is 0 Å². The van der Waals surface area contributed by atoms with Crippen LogP contribution >= 0.6 is 0 Å². The van der Waals surface area contributed by atoms with Gasteiger partial charge in [0, 0.05) is 5.56 Å². The average Bonchev–Trinajstić information content (AvgIpc) is 2.82. The number of hydrogen-bond donors (Lipinski definition) is 4. The number of methoxy groups -OCH3 is 1. The Morgan fingerprint density at radius 3 is 2.50 bits per heavy atom. The van der Waals surface area contributed by atoms with Gasteiger partial charge in [-0.3, -0.25) is 9.59 Å². The topological polar surface area (TPSA) is 108 Å². The van der Waals surface area contributed by atoms with E-state index in [1.54, 1.807) is 19.2 Å². The Morgan fingerprint density at radius 2 is 1.79 bits per heavy atom. The fraction of sp³-hybridized carbons (Fsp3) is 0.462. The number of amides is 2. The van der Waals surface area contributed by atoms with Crippen LogP contribution in [0.1, 0.15) is 72.6 Å². The minimum absolute atomic E-state index is 0.0464. The first-order chi connectivity index (χ1) is 16.3. The Hall–Kier alpha value is -2.84. The number of rotatable bonds is 10. The molecule has 2 atom stereocenters. The van der Waals surface area contributed by atoms with Gasteiger partial charge < -0.3 is 25.4 Å². The second-order valence-electron chi connectivity index (χ2n) is 9.37. The molecule has 0 spiro atoms. The monoisotopic (exact) mass is 466 g/mol. The van der Waals surface area contributed by atoms with Gasteiger partial charge in [0.05, 0.1) is 25.5 Å². The molecule has 7 nitrogen and oxygen atoms in total. The number of benzene rings is 2. The molecule has 0 heterocycles. The summed E-state index contributed by atoms with van der Waals surface area (Å²) in [7, 11) is -0.0958. The molecule has 0 aromatic heterocycles. The third-order valence-corrected chi connectivity index (χ3v) is 6.26. The van der Waals surface area contributed by atoms with Crippen LogP contribution in [0.15, 0.2) is 42.5 Å². The van der Waals surface area contributed by atoms with E-state index >= 15 is 0 Å². The highest BCUT2D eigenvalue weighted by molar-refractivity contribution is 6.43. The van der Waals surface area contributed by atoms with Crippen molar-refractivity contribution < 1.29 is 24.4 Å². The number of carbonyl (C=O) groups is 2. The van der Waals surface area contributed by atoms with Gasteiger partial charge in [-0.05, 0) is 72.9 Å². The predicted molar refractivity (Wildman–Crippen MR) is 132 cm³/mol. The third kappa shape index (κ3) is 6.84. The summed E-state index contributed by atoms with van der Waals surface area (Å²) in [5, 5.41) is 25.1. The highest BCUT2D eigenvalue weighted by Gasteiger charge is 2.28. The molecular formula is C26H35BN2O5. The van der Waals surface area contributed by atoms with Crippen molar-refractivity contribution in [2.75, 3.05) is 7.11 Å². The van der Waals surface area contributed by atoms with E-state index in [2.05, 4.69) is 16.7 Å². The lowest BCUT2D eigenvalue weighted by Crippen LogP contribution is -2.48. The molecule has 3 rings (SSSR count). The number of hydrogen-bond acceptors (Lipinski definition) is 5. The fourth-order valence-corrected chi connectivity index (χ4v) is 4.55. The number of aryl methyl sites for hydroxylation is 1. The first kappa shape index (κ1) is 25.8. The third-order valence-electron chi connectivity index (χ3n) is 6.26. The zero-order valence-electron chi connectivity index (χ0n) is 20.2. The summed E-state index contributed by atoms with van der Waals surface area (Å²) in [5.74, 6) is -0.583. The summed E-state index contributed by atoms with van der Waals surface area (Å²) < 4.78 is 5.33. The first-order valence-electron chi connectivity index (χ1n) is 12.0. The van der Waals surface area contributed by atoms with Gasteiger partial charge >= 0.3 is 7.12 Å². The quantitative estimate of drug-likeness (QED) is 0.403. The molecule has 1 aliphatic rings. The molecular weight excluding hydrogens is 431 g/mol. The summed E-state index contributed by atoms with van der Waals surface area (Å²) in [5.41, 5.74) is 3.68. The molecule has 4 N–H and O–H groups in total. The Balaban J connectivity index is 1.83. The van der Waals surface area contributed by atoms with Crippen molar-refractivity contribution in [2.24, 2.45) is 5.92 Å². The lowest BCUT2D eigenvalue weighted by molar-refractivity contribution is -0.122. The van der Waals surface area contributed by atoms with Crippen molar-refractivity contribution >= 4 is 18.9 Å². The Labute approximate surface area is 202 Å². The van der Waals surface area contributed by atoms with Crippen LogP contribution in [0.4, 0.5) is 0 Å². The van der Waals surface area contributed by atoms with Crippen molar-refractivity contribution in [3.63, 3.8) is 0 Å². The van der Waals surface area contributed by atoms with Crippen LogP contribution in [0.3, 0.4) is 0 Å². The minimum atomic E-state index is -1.66. The second kappa shape index (κ2) is 12.0. The van der Waals surface area contributed by atoms with Crippen LogP contribution in [0.2, 0.25) is 0 Å². The summed E-state index contributed by atoms with van der Waals surface area (Å²) in [6, 6.07) is 12.5. The highest BCUT2D eigenvalue weighted by atomic mass is 16.5. The highest BCUT2D eigenvalue weighted by Crippen LogP contribution is 2.27. The van der Waals surface area contributed by atoms with Gasteiger partial charge in [0.1, 0.15) is 5.75 Å². The van der Waals surface area contributed by atoms with Crippen molar-refractivity contribution in [1.29, 1.82) is 0 Å². The molecule has 0 radical (unpaired) electrons. The van der Waals surface area contributed by atoms with Crippen LogP contribution in [0.5, 0.6) is 5.75 Å². The molecule has 8 heteroatoms. The first-order valence-corrected chi connectivity index (χ1v) is 12.0. The molecule has 34 heavy (non-hydrogen) atoms. The smallest absolute Gasteiger partial charge is 0.475 e. The molecule has 0 bridgehead atoms. The minimum Gasteiger partial charge on any atom is -0.497 e. The summed E-state index contributed by atoms with van der Waals surface area (Å²) in [6.07, 6.45) is 4.40. The van der Waals surface area contributed by atoms with Gasteiger partial charge in [0.2, 0.25) is 5.91 Å². The maximum Gasteiger partial charge on any atom is 0.475 e. The molecule has 2 aromatic rings. The number of carbonyl (C=O) groups excluding carboxylic acids is 2. The van der Waals surface area contributed by atoms with Crippen LogP contribution in [-0.4, -0.2) is 42.0 Å². The number of ether oxygens (including phenoxy) is 1.